The molecule has 0 saturated heterocycles. The lowest BCUT2D eigenvalue weighted by Crippen LogP contribution is -2.17. The molecule has 0 spiro atoms. The third-order valence-corrected chi connectivity index (χ3v) is 4.15. The Hall–Kier alpha value is -2.00. The summed E-state index contributed by atoms with van der Waals surface area (Å²) in [5.74, 6) is 0.139. The summed E-state index contributed by atoms with van der Waals surface area (Å²) in [5, 5.41) is 5.43. The van der Waals surface area contributed by atoms with E-state index in [0.29, 0.717) is 21.9 Å². The molecule has 2 N–H and O–H groups in total. The molecule has 0 aliphatic rings. The zero-order valence-corrected chi connectivity index (χ0v) is 14.8. The number of thioether (sulfide) groups is 1. The van der Waals surface area contributed by atoms with Crippen LogP contribution in [0.3, 0.4) is 0 Å². The quantitative estimate of drug-likeness (QED) is 0.733. The van der Waals surface area contributed by atoms with E-state index in [0.717, 1.165) is 6.07 Å². The van der Waals surface area contributed by atoms with Crippen molar-refractivity contribution in [3.05, 3.63) is 40.8 Å². The molecule has 0 atom stereocenters. The SMILES string of the molecule is CCSc1cc(Cl)cnc1C(=O)Nc1cc(C(F)(F)F)cnc1NC. The maximum Gasteiger partial charge on any atom is 0.417 e. The van der Waals surface area contributed by atoms with Crippen LogP contribution in [0.5, 0.6) is 0 Å². The van der Waals surface area contributed by atoms with Gasteiger partial charge in [0.15, 0.2) is 0 Å². The Balaban J connectivity index is 2.37. The van der Waals surface area contributed by atoms with Crippen molar-refractivity contribution in [3.8, 4) is 0 Å². The second kappa shape index (κ2) is 7.92. The minimum atomic E-state index is -4.57. The molecule has 0 fully saturated rings. The highest BCUT2D eigenvalue weighted by atomic mass is 35.5. The summed E-state index contributed by atoms with van der Waals surface area (Å²) in [6, 6.07) is 2.40. The number of hydrogen-bond acceptors (Lipinski definition) is 5. The second-order valence-electron chi connectivity index (χ2n) is 4.76. The number of aromatic nitrogens is 2. The third kappa shape index (κ3) is 4.76. The van der Waals surface area contributed by atoms with E-state index in [1.807, 2.05) is 6.92 Å². The highest BCUT2D eigenvalue weighted by Gasteiger charge is 2.32. The third-order valence-electron chi connectivity index (χ3n) is 3.03. The van der Waals surface area contributed by atoms with Crippen LogP contribution in [-0.2, 0) is 6.18 Å². The number of nitrogens with one attached hydrogen (secondary N) is 2. The lowest BCUT2D eigenvalue weighted by Gasteiger charge is -2.14. The Morgan fingerprint density at radius 3 is 2.60 bits per heavy atom. The van der Waals surface area contributed by atoms with E-state index in [1.54, 1.807) is 6.07 Å². The number of pyridine rings is 2. The van der Waals surface area contributed by atoms with Gasteiger partial charge in [-0.15, -0.1) is 11.8 Å². The van der Waals surface area contributed by atoms with Gasteiger partial charge in [-0.3, -0.25) is 4.79 Å². The van der Waals surface area contributed by atoms with Crippen molar-refractivity contribution >= 4 is 40.8 Å². The molecule has 2 rings (SSSR count). The van der Waals surface area contributed by atoms with Gasteiger partial charge < -0.3 is 10.6 Å². The Bertz CT molecular complexity index is 786. The smallest absolute Gasteiger partial charge is 0.371 e. The van der Waals surface area contributed by atoms with Crippen molar-refractivity contribution in [2.45, 2.75) is 18.0 Å². The molecule has 0 unspecified atom stereocenters. The van der Waals surface area contributed by atoms with Crippen LogP contribution in [0.4, 0.5) is 24.7 Å². The number of amides is 1. The highest BCUT2D eigenvalue weighted by molar-refractivity contribution is 7.99. The average molecular weight is 391 g/mol. The Labute approximate surface area is 151 Å². The first-order valence-corrected chi connectivity index (χ1v) is 8.47. The first-order chi connectivity index (χ1) is 11.8. The summed E-state index contributed by atoms with van der Waals surface area (Å²) in [5.41, 5.74) is -0.976. The van der Waals surface area contributed by atoms with Crippen LogP contribution < -0.4 is 10.6 Å². The van der Waals surface area contributed by atoms with Crippen molar-refractivity contribution < 1.29 is 18.0 Å². The molecular formula is C15H14ClF3N4OS. The van der Waals surface area contributed by atoms with Gasteiger partial charge in [0.05, 0.1) is 16.3 Å². The van der Waals surface area contributed by atoms with Crippen LogP contribution in [0.1, 0.15) is 23.0 Å². The summed E-state index contributed by atoms with van der Waals surface area (Å²) >= 11 is 7.24. The predicted octanol–water partition coefficient (Wildman–Crippen LogP) is 4.55. The largest absolute Gasteiger partial charge is 0.417 e. The van der Waals surface area contributed by atoms with Gasteiger partial charge in [-0.05, 0) is 17.9 Å². The van der Waals surface area contributed by atoms with Crippen molar-refractivity contribution in [2.24, 2.45) is 0 Å². The molecule has 2 heterocycles. The van der Waals surface area contributed by atoms with Crippen molar-refractivity contribution in [2.75, 3.05) is 23.4 Å². The van der Waals surface area contributed by atoms with Crippen LogP contribution in [0.15, 0.2) is 29.4 Å². The van der Waals surface area contributed by atoms with Gasteiger partial charge in [0.1, 0.15) is 11.5 Å². The van der Waals surface area contributed by atoms with Crippen LogP contribution in [-0.4, -0.2) is 28.7 Å². The number of alkyl halides is 3. The fourth-order valence-corrected chi connectivity index (χ4v) is 2.98. The summed E-state index contributed by atoms with van der Waals surface area (Å²) in [6.45, 7) is 1.89. The summed E-state index contributed by atoms with van der Waals surface area (Å²) in [4.78, 5) is 20.7. The van der Waals surface area contributed by atoms with Gasteiger partial charge in [0, 0.05) is 24.3 Å². The zero-order valence-electron chi connectivity index (χ0n) is 13.2. The second-order valence-corrected chi connectivity index (χ2v) is 6.50. The number of rotatable bonds is 5. The van der Waals surface area contributed by atoms with Crippen molar-refractivity contribution in [1.29, 1.82) is 0 Å². The first-order valence-electron chi connectivity index (χ1n) is 7.11. The molecule has 10 heteroatoms. The molecule has 0 bridgehead atoms. The Morgan fingerprint density at radius 2 is 2.00 bits per heavy atom. The van der Waals surface area contributed by atoms with Gasteiger partial charge in [0.2, 0.25) is 0 Å². The Kier molecular flexibility index (Phi) is 6.12. The lowest BCUT2D eigenvalue weighted by molar-refractivity contribution is -0.137. The normalized spacial score (nSPS) is 11.3. The number of hydrogen-bond donors (Lipinski definition) is 2. The highest BCUT2D eigenvalue weighted by Crippen LogP contribution is 2.33. The van der Waals surface area contributed by atoms with E-state index < -0.39 is 17.6 Å². The topological polar surface area (TPSA) is 66.9 Å². The number of carbonyl (C=O) groups is 1. The molecule has 25 heavy (non-hydrogen) atoms. The summed E-state index contributed by atoms with van der Waals surface area (Å²) in [7, 11) is 1.49. The molecule has 5 nitrogen and oxygen atoms in total. The molecular weight excluding hydrogens is 377 g/mol. The van der Waals surface area contributed by atoms with Gasteiger partial charge in [-0.25, -0.2) is 9.97 Å². The van der Waals surface area contributed by atoms with Gasteiger partial charge in [-0.2, -0.15) is 13.2 Å². The van der Waals surface area contributed by atoms with Crippen LogP contribution in [0, 0.1) is 0 Å². The van der Waals surface area contributed by atoms with Crippen molar-refractivity contribution in [3.63, 3.8) is 0 Å². The summed E-state index contributed by atoms with van der Waals surface area (Å²) < 4.78 is 38.6. The van der Waals surface area contributed by atoms with E-state index in [-0.39, 0.29) is 17.2 Å². The summed E-state index contributed by atoms with van der Waals surface area (Å²) in [6.07, 6.45) is -2.57. The molecule has 0 aromatic carbocycles. The monoisotopic (exact) mass is 390 g/mol. The van der Waals surface area contributed by atoms with Crippen LogP contribution in [0.2, 0.25) is 5.02 Å². The molecule has 0 aliphatic carbocycles. The van der Waals surface area contributed by atoms with Crippen LogP contribution in [0.25, 0.3) is 0 Å². The molecule has 1 amide bonds. The van der Waals surface area contributed by atoms with E-state index in [9.17, 15) is 18.0 Å². The van der Waals surface area contributed by atoms with E-state index in [1.165, 1.54) is 25.0 Å². The molecule has 2 aromatic heterocycles. The van der Waals surface area contributed by atoms with E-state index in [4.69, 9.17) is 11.6 Å². The Morgan fingerprint density at radius 1 is 1.28 bits per heavy atom. The maximum absolute atomic E-state index is 12.9. The predicted molar refractivity (Wildman–Crippen MR) is 92.4 cm³/mol. The number of anilines is 2. The fourth-order valence-electron chi connectivity index (χ4n) is 1.95. The van der Waals surface area contributed by atoms with Gasteiger partial charge >= 0.3 is 6.18 Å². The molecule has 0 saturated carbocycles. The lowest BCUT2D eigenvalue weighted by atomic mass is 10.2. The molecule has 134 valence electrons. The zero-order chi connectivity index (χ0) is 18.6. The van der Waals surface area contributed by atoms with Gasteiger partial charge in [-0.1, -0.05) is 18.5 Å². The molecule has 2 aromatic rings. The average Bonchev–Trinajstić information content (AvgIpc) is 2.54. The van der Waals surface area contributed by atoms with Crippen molar-refractivity contribution in [1.82, 2.24) is 9.97 Å². The standard InChI is InChI=1S/C15H14ClF3N4OS/c1-3-25-11-5-9(16)7-21-12(11)14(24)23-10-4-8(15(17,18)19)6-22-13(10)20-2/h4-7H,3H2,1-2H3,(H,20,22)(H,23,24). The van der Waals surface area contributed by atoms with E-state index >= 15 is 0 Å². The number of halogens is 4. The first kappa shape index (κ1) is 19.3. The number of nitrogens with zero attached hydrogens (tertiary/aromatic N) is 2. The fraction of sp³-hybridized carbons (Fsp3) is 0.267. The van der Waals surface area contributed by atoms with Crippen LogP contribution >= 0.6 is 23.4 Å². The minimum absolute atomic E-state index is 0.0794. The number of carbonyl (C=O) groups excluding carboxylic acids is 1. The van der Waals surface area contributed by atoms with Gasteiger partial charge in [0.25, 0.3) is 5.91 Å². The molecule has 0 radical (unpaired) electrons. The molecule has 0 aliphatic heterocycles. The van der Waals surface area contributed by atoms with E-state index in [2.05, 4.69) is 20.6 Å². The maximum atomic E-state index is 12.9. The minimum Gasteiger partial charge on any atom is -0.371 e.